The zero-order valence-corrected chi connectivity index (χ0v) is 15.6. The Labute approximate surface area is 151 Å². The van der Waals surface area contributed by atoms with Gasteiger partial charge in [-0.2, -0.15) is 4.98 Å². The molecule has 0 aliphatic heterocycles. The van der Waals surface area contributed by atoms with E-state index in [2.05, 4.69) is 15.5 Å². The second-order valence-corrected chi connectivity index (χ2v) is 6.46. The Morgan fingerprint density at radius 1 is 1.23 bits per heavy atom. The number of hydrogen-bond acceptors (Lipinski definition) is 5. The van der Waals surface area contributed by atoms with E-state index in [1.165, 1.54) is 4.57 Å². The molecule has 0 aliphatic rings. The maximum absolute atomic E-state index is 13.0. The van der Waals surface area contributed by atoms with E-state index in [-0.39, 0.29) is 17.2 Å². The molecule has 136 valence electrons. The van der Waals surface area contributed by atoms with Crippen LogP contribution in [0.15, 0.2) is 27.5 Å². The van der Waals surface area contributed by atoms with Crippen molar-refractivity contribution >= 4 is 22.7 Å². The van der Waals surface area contributed by atoms with Gasteiger partial charge in [-0.05, 0) is 45.2 Å². The first kappa shape index (κ1) is 17.8. The average Bonchev–Trinajstić information content (AvgIpc) is 2.95. The zero-order valence-electron chi connectivity index (χ0n) is 15.6. The fourth-order valence-corrected chi connectivity index (χ4v) is 3.22. The molecule has 1 unspecified atom stereocenters. The average molecular weight is 354 g/mol. The summed E-state index contributed by atoms with van der Waals surface area (Å²) in [6.45, 7) is 9.12. The Kier molecular flexibility index (Phi) is 4.63. The largest absolute Gasteiger partial charge is 0.335 e. The SMILES string of the molecule is CCC(C(=O)Nc1c(C)cccc1C)n1c(C)nc2onc(C)c2c1=O. The summed E-state index contributed by atoms with van der Waals surface area (Å²) in [7, 11) is 0. The van der Waals surface area contributed by atoms with E-state index in [9.17, 15) is 9.59 Å². The Morgan fingerprint density at radius 3 is 2.50 bits per heavy atom. The van der Waals surface area contributed by atoms with Crippen molar-refractivity contribution in [3.8, 4) is 0 Å². The van der Waals surface area contributed by atoms with E-state index in [1.54, 1.807) is 13.8 Å². The van der Waals surface area contributed by atoms with Gasteiger partial charge in [-0.15, -0.1) is 0 Å². The lowest BCUT2D eigenvalue weighted by atomic mass is 10.1. The number of rotatable bonds is 4. The second kappa shape index (κ2) is 6.74. The first-order valence-corrected chi connectivity index (χ1v) is 8.57. The number of aryl methyl sites for hydroxylation is 4. The molecule has 3 rings (SSSR count). The van der Waals surface area contributed by atoms with Crippen molar-refractivity contribution < 1.29 is 9.32 Å². The molecule has 26 heavy (non-hydrogen) atoms. The number of para-hydroxylation sites is 1. The van der Waals surface area contributed by atoms with Gasteiger partial charge in [-0.3, -0.25) is 14.2 Å². The molecule has 1 atom stereocenters. The number of nitrogens with zero attached hydrogens (tertiary/aromatic N) is 3. The lowest BCUT2D eigenvalue weighted by Crippen LogP contribution is -2.35. The molecule has 2 heterocycles. The molecule has 7 heteroatoms. The van der Waals surface area contributed by atoms with Crippen LogP contribution in [-0.2, 0) is 4.79 Å². The van der Waals surface area contributed by atoms with E-state index in [4.69, 9.17) is 4.52 Å². The summed E-state index contributed by atoms with van der Waals surface area (Å²) in [5.41, 5.74) is 3.08. The Balaban J connectivity index is 2.06. The minimum absolute atomic E-state index is 0.200. The minimum atomic E-state index is -0.673. The van der Waals surface area contributed by atoms with Crippen molar-refractivity contribution in [3.05, 3.63) is 51.2 Å². The lowest BCUT2D eigenvalue weighted by molar-refractivity contribution is -0.119. The van der Waals surface area contributed by atoms with Crippen LogP contribution in [0.1, 0.15) is 42.0 Å². The third-order valence-corrected chi connectivity index (χ3v) is 4.62. The van der Waals surface area contributed by atoms with Gasteiger partial charge in [0.25, 0.3) is 11.3 Å². The smallest absolute Gasteiger partial charge is 0.267 e. The summed E-state index contributed by atoms with van der Waals surface area (Å²) in [5.74, 6) is 0.174. The summed E-state index contributed by atoms with van der Waals surface area (Å²) in [5, 5.41) is 7.10. The molecule has 0 spiro atoms. The first-order chi connectivity index (χ1) is 12.3. The monoisotopic (exact) mass is 354 g/mol. The first-order valence-electron chi connectivity index (χ1n) is 8.57. The molecule has 1 N–H and O–H groups in total. The predicted octanol–water partition coefficient (Wildman–Crippen LogP) is 3.21. The number of aromatic nitrogens is 3. The normalized spacial score (nSPS) is 12.3. The van der Waals surface area contributed by atoms with Crippen molar-refractivity contribution in [1.82, 2.24) is 14.7 Å². The van der Waals surface area contributed by atoms with E-state index >= 15 is 0 Å². The molecule has 0 bridgehead atoms. The van der Waals surface area contributed by atoms with Gasteiger partial charge >= 0.3 is 0 Å². The van der Waals surface area contributed by atoms with E-state index in [1.807, 2.05) is 39.0 Å². The molecule has 7 nitrogen and oxygen atoms in total. The van der Waals surface area contributed by atoms with Crippen LogP contribution >= 0.6 is 0 Å². The third kappa shape index (κ3) is 2.89. The molecule has 1 aromatic carbocycles. The zero-order chi connectivity index (χ0) is 19.0. The molecule has 1 amide bonds. The Bertz CT molecular complexity index is 1030. The summed E-state index contributed by atoms with van der Waals surface area (Å²) < 4.78 is 6.52. The van der Waals surface area contributed by atoms with Crippen LogP contribution in [0.2, 0.25) is 0 Å². The van der Waals surface area contributed by atoms with Gasteiger partial charge in [0, 0.05) is 5.69 Å². The fraction of sp³-hybridized carbons (Fsp3) is 0.368. The highest BCUT2D eigenvalue weighted by molar-refractivity contribution is 5.95. The minimum Gasteiger partial charge on any atom is -0.335 e. The summed E-state index contributed by atoms with van der Waals surface area (Å²) >= 11 is 0. The Morgan fingerprint density at radius 2 is 1.88 bits per heavy atom. The number of amides is 1. The van der Waals surface area contributed by atoms with Gasteiger partial charge in [0.05, 0.1) is 5.69 Å². The number of carbonyl (C=O) groups is 1. The van der Waals surface area contributed by atoms with Gasteiger partial charge in [0.2, 0.25) is 5.91 Å². The van der Waals surface area contributed by atoms with Crippen LogP contribution in [0.25, 0.3) is 11.1 Å². The second-order valence-electron chi connectivity index (χ2n) is 6.46. The van der Waals surface area contributed by atoms with E-state index in [0.717, 1.165) is 16.8 Å². The van der Waals surface area contributed by atoms with Gasteiger partial charge in [0.1, 0.15) is 17.3 Å². The van der Waals surface area contributed by atoms with Gasteiger partial charge in [-0.25, -0.2) is 0 Å². The van der Waals surface area contributed by atoms with Gasteiger partial charge in [0.15, 0.2) is 0 Å². The number of fused-ring (bicyclic) bond motifs is 1. The van der Waals surface area contributed by atoms with E-state index < -0.39 is 6.04 Å². The lowest BCUT2D eigenvalue weighted by Gasteiger charge is -2.21. The van der Waals surface area contributed by atoms with Crippen LogP contribution in [0.4, 0.5) is 5.69 Å². The highest BCUT2D eigenvalue weighted by atomic mass is 16.5. The quantitative estimate of drug-likeness (QED) is 0.777. The van der Waals surface area contributed by atoms with E-state index in [0.29, 0.717) is 23.3 Å². The van der Waals surface area contributed by atoms with Crippen LogP contribution < -0.4 is 10.9 Å². The van der Waals surface area contributed by atoms with Crippen molar-refractivity contribution in [2.75, 3.05) is 5.32 Å². The molecule has 0 aliphatic carbocycles. The maximum Gasteiger partial charge on any atom is 0.267 e. The number of carbonyl (C=O) groups excluding carboxylic acids is 1. The fourth-order valence-electron chi connectivity index (χ4n) is 3.22. The van der Waals surface area contributed by atoms with Crippen LogP contribution in [0.3, 0.4) is 0 Å². The van der Waals surface area contributed by atoms with Crippen LogP contribution in [0.5, 0.6) is 0 Å². The van der Waals surface area contributed by atoms with Crippen LogP contribution in [-0.4, -0.2) is 20.6 Å². The molecular weight excluding hydrogens is 332 g/mol. The summed E-state index contributed by atoms with van der Waals surface area (Å²) in [4.78, 5) is 30.2. The number of benzene rings is 1. The summed E-state index contributed by atoms with van der Waals surface area (Å²) in [6.07, 6.45) is 0.453. The summed E-state index contributed by atoms with van der Waals surface area (Å²) in [6, 6.07) is 5.15. The van der Waals surface area contributed by atoms with Gasteiger partial charge < -0.3 is 9.84 Å². The highest BCUT2D eigenvalue weighted by Gasteiger charge is 2.25. The molecule has 0 radical (unpaired) electrons. The number of anilines is 1. The molecule has 0 saturated carbocycles. The Hall–Kier alpha value is -2.96. The van der Waals surface area contributed by atoms with Crippen molar-refractivity contribution in [1.29, 1.82) is 0 Å². The molecular formula is C19H22N4O3. The maximum atomic E-state index is 13.0. The number of nitrogens with one attached hydrogen (secondary N) is 1. The number of hydrogen-bond donors (Lipinski definition) is 1. The van der Waals surface area contributed by atoms with Crippen molar-refractivity contribution in [2.45, 2.75) is 47.1 Å². The topological polar surface area (TPSA) is 90.0 Å². The van der Waals surface area contributed by atoms with Crippen molar-refractivity contribution in [3.63, 3.8) is 0 Å². The van der Waals surface area contributed by atoms with Gasteiger partial charge in [-0.1, -0.05) is 30.3 Å². The predicted molar refractivity (Wildman–Crippen MR) is 99.4 cm³/mol. The molecule has 3 aromatic rings. The molecule has 0 saturated heterocycles. The van der Waals surface area contributed by atoms with Crippen LogP contribution in [0, 0.1) is 27.7 Å². The standard InChI is InChI=1S/C19H22N4O3/c1-6-14(17(24)21-16-10(2)8-7-9-11(16)3)23-13(5)20-18-15(19(23)25)12(4)22-26-18/h7-9,14H,6H2,1-5H3,(H,21,24). The van der Waals surface area contributed by atoms with Crippen molar-refractivity contribution in [2.24, 2.45) is 0 Å². The molecule has 0 fully saturated rings. The highest BCUT2D eigenvalue weighted by Crippen LogP contribution is 2.23. The third-order valence-electron chi connectivity index (χ3n) is 4.62. The molecule has 2 aromatic heterocycles.